The Labute approximate surface area is 126 Å². The van der Waals surface area contributed by atoms with Gasteiger partial charge < -0.3 is 11.1 Å². The van der Waals surface area contributed by atoms with Gasteiger partial charge in [0.05, 0.1) is 10.8 Å². The highest BCUT2D eigenvalue weighted by molar-refractivity contribution is 7.89. The molecule has 7 heteroatoms. The summed E-state index contributed by atoms with van der Waals surface area (Å²) in [5.41, 5.74) is 6.21. The van der Waals surface area contributed by atoms with Crippen molar-refractivity contribution in [3.8, 4) is 0 Å². The molecule has 0 aliphatic rings. The van der Waals surface area contributed by atoms with Gasteiger partial charge >= 0.3 is 0 Å². The molecule has 0 aliphatic carbocycles. The lowest BCUT2D eigenvalue weighted by molar-refractivity contribution is -0.119. The van der Waals surface area contributed by atoms with Gasteiger partial charge in [-0.3, -0.25) is 4.79 Å². The Balaban J connectivity index is 2.82. The second-order valence-corrected chi connectivity index (χ2v) is 7.15. The molecule has 0 aliphatic heterocycles. The quantitative estimate of drug-likeness (QED) is 0.736. The van der Waals surface area contributed by atoms with Crippen molar-refractivity contribution in [3.05, 3.63) is 24.3 Å². The maximum absolute atomic E-state index is 12.0. The van der Waals surface area contributed by atoms with Crippen LogP contribution in [0.1, 0.15) is 27.7 Å². The number of carbonyl (C=O) groups excluding carboxylic acids is 1. The van der Waals surface area contributed by atoms with Crippen molar-refractivity contribution >= 4 is 21.6 Å². The molecule has 0 radical (unpaired) electrons. The van der Waals surface area contributed by atoms with E-state index in [1.165, 1.54) is 12.1 Å². The minimum Gasteiger partial charge on any atom is -0.327 e. The Hall–Kier alpha value is -1.44. The van der Waals surface area contributed by atoms with Gasteiger partial charge in [-0.25, -0.2) is 13.1 Å². The first-order valence-electron chi connectivity index (χ1n) is 6.82. The van der Waals surface area contributed by atoms with Gasteiger partial charge in [-0.2, -0.15) is 0 Å². The summed E-state index contributed by atoms with van der Waals surface area (Å²) in [7, 11) is -3.52. The van der Waals surface area contributed by atoms with Gasteiger partial charge in [0.1, 0.15) is 0 Å². The van der Waals surface area contributed by atoms with Crippen molar-refractivity contribution in [2.75, 3.05) is 5.32 Å². The van der Waals surface area contributed by atoms with E-state index in [0.29, 0.717) is 5.69 Å². The number of anilines is 1. The van der Waals surface area contributed by atoms with Crippen LogP contribution in [0, 0.1) is 5.92 Å². The largest absolute Gasteiger partial charge is 0.327 e. The van der Waals surface area contributed by atoms with Crippen LogP contribution in [0.15, 0.2) is 29.2 Å². The van der Waals surface area contributed by atoms with Gasteiger partial charge in [0.15, 0.2) is 0 Å². The SMILES string of the molecule is CC(C)NS(=O)(=O)c1ccc(NC(=O)C(C)C(C)N)cc1. The molecule has 0 bridgehead atoms. The number of carbonyl (C=O) groups is 1. The van der Waals surface area contributed by atoms with Crippen molar-refractivity contribution < 1.29 is 13.2 Å². The molecule has 0 spiro atoms. The molecule has 1 rings (SSSR count). The molecule has 0 fully saturated rings. The van der Waals surface area contributed by atoms with Crippen molar-refractivity contribution in [1.29, 1.82) is 0 Å². The summed E-state index contributed by atoms with van der Waals surface area (Å²) in [4.78, 5) is 12.0. The molecule has 0 aromatic heterocycles. The van der Waals surface area contributed by atoms with Crippen LogP contribution in [0.4, 0.5) is 5.69 Å². The maximum atomic E-state index is 12.0. The second-order valence-electron chi connectivity index (χ2n) is 5.44. The summed E-state index contributed by atoms with van der Waals surface area (Å²) in [5.74, 6) is -0.517. The number of nitrogens with one attached hydrogen (secondary N) is 2. The van der Waals surface area contributed by atoms with E-state index in [1.807, 2.05) is 0 Å². The molecular formula is C14H23N3O3S. The fourth-order valence-corrected chi connectivity index (χ4v) is 2.84. The summed E-state index contributed by atoms with van der Waals surface area (Å²) in [6.07, 6.45) is 0. The molecule has 21 heavy (non-hydrogen) atoms. The van der Waals surface area contributed by atoms with Gasteiger partial charge in [0.25, 0.3) is 0 Å². The highest BCUT2D eigenvalue weighted by Crippen LogP contribution is 2.15. The van der Waals surface area contributed by atoms with Crippen LogP contribution in [0.5, 0.6) is 0 Å². The predicted octanol–water partition coefficient (Wildman–Crippen LogP) is 1.30. The third kappa shape index (κ3) is 5.11. The van der Waals surface area contributed by atoms with Crippen LogP contribution in [0.25, 0.3) is 0 Å². The summed E-state index contributed by atoms with van der Waals surface area (Å²) < 4.78 is 26.4. The van der Waals surface area contributed by atoms with E-state index in [9.17, 15) is 13.2 Å². The molecule has 6 nitrogen and oxygen atoms in total. The highest BCUT2D eigenvalue weighted by atomic mass is 32.2. The van der Waals surface area contributed by atoms with Crippen LogP contribution < -0.4 is 15.8 Å². The maximum Gasteiger partial charge on any atom is 0.240 e. The van der Waals surface area contributed by atoms with E-state index in [-0.39, 0.29) is 28.8 Å². The van der Waals surface area contributed by atoms with Crippen molar-refractivity contribution in [1.82, 2.24) is 4.72 Å². The molecule has 1 aromatic rings. The summed E-state index contributed by atoms with van der Waals surface area (Å²) in [6, 6.07) is 5.59. The zero-order chi connectivity index (χ0) is 16.2. The zero-order valence-corrected chi connectivity index (χ0v) is 13.6. The summed E-state index contributed by atoms with van der Waals surface area (Å²) >= 11 is 0. The number of hydrogen-bond donors (Lipinski definition) is 3. The summed E-state index contributed by atoms with van der Waals surface area (Å²) in [6.45, 7) is 7.01. The lowest BCUT2D eigenvalue weighted by atomic mass is 10.0. The molecule has 4 N–H and O–H groups in total. The van der Waals surface area contributed by atoms with Crippen LogP contribution in [0.2, 0.25) is 0 Å². The van der Waals surface area contributed by atoms with E-state index in [0.717, 1.165) is 0 Å². The molecule has 0 saturated carbocycles. The lowest BCUT2D eigenvalue weighted by Gasteiger charge is -2.15. The average molecular weight is 313 g/mol. The first kappa shape index (κ1) is 17.6. The average Bonchev–Trinajstić information content (AvgIpc) is 2.36. The monoisotopic (exact) mass is 313 g/mol. The van der Waals surface area contributed by atoms with E-state index < -0.39 is 10.0 Å². The topological polar surface area (TPSA) is 101 Å². The van der Waals surface area contributed by atoms with Crippen molar-refractivity contribution in [2.24, 2.45) is 11.7 Å². The van der Waals surface area contributed by atoms with Gasteiger partial charge in [-0.05, 0) is 45.0 Å². The predicted molar refractivity (Wildman–Crippen MR) is 83.3 cm³/mol. The van der Waals surface area contributed by atoms with Crippen LogP contribution in [0.3, 0.4) is 0 Å². The Bertz CT molecular complexity index is 580. The molecule has 1 amide bonds. The minimum absolute atomic E-state index is 0.162. The smallest absolute Gasteiger partial charge is 0.240 e. The first-order chi connectivity index (χ1) is 9.63. The van der Waals surface area contributed by atoms with Gasteiger partial charge in [-0.1, -0.05) is 6.92 Å². The molecule has 1 aromatic carbocycles. The normalized spacial score (nSPS) is 14.8. The number of rotatable bonds is 6. The van der Waals surface area contributed by atoms with E-state index in [1.54, 1.807) is 39.8 Å². The van der Waals surface area contributed by atoms with Crippen molar-refractivity contribution in [2.45, 2.75) is 44.7 Å². The van der Waals surface area contributed by atoms with Gasteiger partial charge in [0.2, 0.25) is 15.9 Å². The number of benzene rings is 1. The van der Waals surface area contributed by atoms with Crippen LogP contribution >= 0.6 is 0 Å². The van der Waals surface area contributed by atoms with Crippen LogP contribution in [-0.4, -0.2) is 26.4 Å². The van der Waals surface area contributed by atoms with Gasteiger partial charge in [0, 0.05) is 17.8 Å². The van der Waals surface area contributed by atoms with Crippen molar-refractivity contribution in [3.63, 3.8) is 0 Å². The lowest BCUT2D eigenvalue weighted by Crippen LogP contribution is -2.34. The highest BCUT2D eigenvalue weighted by Gasteiger charge is 2.18. The number of nitrogens with two attached hydrogens (primary N) is 1. The molecule has 2 atom stereocenters. The fraction of sp³-hybridized carbons (Fsp3) is 0.500. The fourth-order valence-electron chi connectivity index (χ4n) is 1.59. The number of sulfonamides is 1. The zero-order valence-electron chi connectivity index (χ0n) is 12.8. The minimum atomic E-state index is -3.52. The van der Waals surface area contributed by atoms with E-state index >= 15 is 0 Å². The third-order valence-electron chi connectivity index (χ3n) is 3.03. The first-order valence-corrected chi connectivity index (χ1v) is 8.30. The second kappa shape index (κ2) is 7.02. The van der Waals surface area contributed by atoms with E-state index in [2.05, 4.69) is 10.0 Å². The number of amides is 1. The molecule has 0 heterocycles. The molecular weight excluding hydrogens is 290 g/mol. The molecule has 118 valence electrons. The Morgan fingerprint density at radius 3 is 2.05 bits per heavy atom. The Morgan fingerprint density at radius 2 is 1.62 bits per heavy atom. The standard InChI is InChI=1S/C14H23N3O3S/c1-9(2)17-21(19,20)13-7-5-12(6-8-13)16-14(18)10(3)11(4)15/h5-11,17H,15H2,1-4H3,(H,16,18). The van der Waals surface area contributed by atoms with E-state index in [4.69, 9.17) is 5.73 Å². The molecule has 2 unspecified atom stereocenters. The Kier molecular flexibility index (Phi) is 5.88. The van der Waals surface area contributed by atoms with Gasteiger partial charge in [-0.15, -0.1) is 0 Å². The number of hydrogen-bond acceptors (Lipinski definition) is 4. The molecule has 0 saturated heterocycles. The Morgan fingerprint density at radius 1 is 1.10 bits per heavy atom. The summed E-state index contributed by atoms with van der Waals surface area (Å²) in [5, 5.41) is 2.71. The third-order valence-corrected chi connectivity index (χ3v) is 4.70. The van der Waals surface area contributed by atoms with Crippen LogP contribution in [-0.2, 0) is 14.8 Å².